The Kier molecular flexibility index (Phi) is 2.58. The lowest BCUT2D eigenvalue weighted by atomic mass is 9.98. The summed E-state index contributed by atoms with van der Waals surface area (Å²) in [5, 5.41) is 9.37. The molecule has 3 aliphatic heterocycles. The third-order valence-electron chi connectivity index (χ3n) is 3.31. The van der Waals surface area contributed by atoms with E-state index in [1.165, 1.54) is 19.6 Å². The van der Waals surface area contributed by atoms with Gasteiger partial charge in [0.05, 0.1) is 6.10 Å². The molecule has 0 radical (unpaired) electrons. The molecule has 3 rings (SSSR count). The number of aliphatic hydroxyl groups is 1. The van der Waals surface area contributed by atoms with Crippen molar-refractivity contribution in [3.63, 3.8) is 0 Å². The van der Waals surface area contributed by atoms with Gasteiger partial charge in [0.2, 0.25) is 0 Å². The van der Waals surface area contributed by atoms with E-state index in [9.17, 15) is 5.11 Å². The van der Waals surface area contributed by atoms with Crippen molar-refractivity contribution >= 4 is 0 Å². The van der Waals surface area contributed by atoms with Crippen molar-refractivity contribution in [2.45, 2.75) is 38.5 Å². The second kappa shape index (κ2) is 3.56. The van der Waals surface area contributed by atoms with Gasteiger partial charge in [0.15, 0.2) is 0 Å². The fourth-order valence-corrected chi connectivity index (χ4v) is 2.76. The Morgan fingerprint density at radius 2 is 2.15 bits per heavy atom. The van der Waals surface area contributed by atoms with Crippen LogP contribution in [0.4, 0.5) is 0 Å². The van der Waals surface area contributed by atoms with Crippen molar-refractivity contribution in [1.29, 1.82) is 0 Å². The van der Waals surface area contributed by atoms with Crippen LogP contribution >= 0.6 is 0 Å². The van der Waals surface area contributed by atoms with E-state index in [4.69, 9.17) is 0 Å². The topological polar surface area (TPSA) is 26.7 Å². The second-order valence-corrected chi connectivity index (χ2v) is 4.58. The summed E-state index contributed by atoms with van der Waals surface area (Å²) in [4.78, 5) is 5.09. The molecule has 0 saturated carbocycles. The molecular weight excluding hydrogens is 164 g/mol. The van der Waals surface area contributed by atoms with Crippen LogP contribution in [-0.2, 0) is 0 Å². The molecule has 0 aromatic carbocycles. The molecule has 13 heavy (non-hydrogen) atoms. The average molecular weight is 184 g/mol. The van der Waals surface area contributed by atoms with Crippen LogP contribution in [0.2, 0.25) is 0 Å². The molecule has 3 nitrogen and oxygen atoms in total. The molecule has 1 N–H and O–H groups in total. The van der Waals surface area contributed by atoms with Crippen LogP contribution in [0.5, 0.6) is 0 Å². The van der Waals surface area contributed by atoms with Gasteiger partial charge in [-0.2, -0.15) is 0 Å². The van der Waals surface area contributed by atoms with Crippen LogP contribution in [0.15, 0.2) is 0 Å². The molecule has 0 aromatic rings. The van der Waals surface area contributed by atoms with Crippen molar-refractivity contribution in [3.8, 4) is 0 Å². The molecule has 0 aromatic heterocycles. The molecule has 3 saturated heterocycles. The van der Waals surface area contributed by atoms with E-state index in [1.807, 2.05) is 6.92 Å². The Morgan fingerprint density at radius 3 is 2.69 bits per heavy atom. The highest BCUT2D eigenvalue weighted by atomic mass is 16.3. The molecule has 3 aliphatic rings. The van der Waals surface area contributed by atoms with Gasteiger partial charge in [0.25, 0.3) is 0 Å². The van der Waals surface area contributed by atoms with Gasteiger partial charge in [-0.3, -0.25) is 9.80 Å². The average Bonchev–Trinajstić information content (AvgIpc) is 2.02. The summed E-state index contributed by atoms with van der Waals surface area (Å²) in [7, 11) is 0. The van der Waals surface area contributed by atoms with Gasteiger partial charge in [-0.05, 0) is 20.3 Å². The zero-order valence-electron chi connectivity index (χ0n) is 8.61. The summed E-state index contributed by atoms with van der Waals surface area (Å²) >= 11 is 0. The van der Waals surface area contributed by atoms with Crippen molar-refractivity contribution in [3.05, 3.63) is 0 Å². The predicted octanol–water partition coefficient (Wildman–Crippen LogP) is 0.146. The third-order valence-corrected chi connectivity index (χ3v) is 3.31. The highest BCUT2D eigenvalue weighted by Gasteiger charge is 2.36. The molecule has 76 valence electrons. The smallest absolute Gasteiger partial charge is 0.0527 e. The Morgan fingerprint density at radius 1 is 1.38 bits per heavy atom. The zero-order valence-corrected chi connectivity index (χ0v) is 8.61. The standard InChI is InChI=1S/C10H20N2O/c1-8-6-11-3-4-12(8)10(7-11)5-9(2)13/h8-10,13H,3-7H2,1-2H3. The van der Waals surface area contributed by atoms with Crippen LogP contribution in [0.1, 0.15) is 20.3 Å². The maximum Gasteiger partial charge on any atom is 0.0527 e. The first-order valence-electron chi connectivity index (χ1n) is 5.33. The van der Waals surface area contributed by atoms with Crippen LogP contribution in [0.3, 0.4) is 0 Å². The van der Waals surface area contributed by atoms with Gasteiger partial charge in [-0.25, -0.2) is 0 Å². The van der Waals surface area contributed by atoms with Crippen LogP contribution < -0.4 is 0 Å². The van der Waals surface area contributed by atoms with E-state index in [-0.39, 0.29) is 6.10 Å². The van der Waals surface area contributed by atoms with Gasteiger partial charge in [-0.15, -0.1) is 0 Å². The maximum atomic E-state index is 9.37. The first-order valence-corrected chi connectivity index (χ1v) is 5.33. The summed E-state index contributed by atoms with van der Waals surface area (Å²) in [6.07, 6.45) is 0.777. The molecule has 2 bridgehead atoms. The van der Waals surface area contributed by atoms with E-state index in [2.05, 4.69) is 16.7 Å². The van der Waals surface area contributed by atoms with Gasteiger partial charge in [-0.1, -0.05) is 0 Å². The minimum absolute atomic E-state index is 0.155. The largest absolute Gasteiger partial charge is 0.393 e. The van der Waals surface area contributed by atoms with Gasteiger partial charge < -0.3 is 5.11 Å². The fourth-order valence-electron chi connectivity index (χ4n) is 2.76. The van der Waals surface area contributed by atoms with E-state index in [1.54, 1.807) is 0 Å². The third kappa shape index (κ3) is 1.87. The summed E-state index contributed by atoms with van der Waals surface area (Å²) in [6.45, 7) is 8.98. The van der Waals surface area contributed by atoms with Gasteiger partial charge >= 0.3 is 0 Å². The minimum Gasteiger partial charge on any atom is -0.393 e. The lowest BCUT2D eigenvalue weighted by molar-refractivity contribution is -0.0406. The normalized spacial score (nSPS) is 46.4. The lowest BCUT2D eigenvalue weighted by Gasteiger charge is -2.51. The number of hydrogen-bond donors (Lipinski definition) is 1. The Balaban J connectivity index is 1.98. The molecule has 5 unspecified atom stereocenters. The number of rotatable bonds is 2. The molecule has 3 fully saturated rings. The Hall–Kier alpha value is -0.120. The van der Waals surface area contributed by atoms with Crippen molar-refractivity contribution in [2.75, 3.05) is 26.2 Å². The van der Waals surface area contributed by atoms with Crippen molar-refractivity contribution in [1.82, 2.24) is 9.80 Å². The van der Waals surface area contributed by atoms with E-state index in [0.29, 0.717) is 12.1 Å². The SMILES string of the molecule is CC(O)CC1CN2CCN1C(C)C2. The molecular formula is C10H20N2O. The monoisotopic (exact) mass is 184 g/mol. The first-order chi connectivity index (χ1) is 6.16. The molecule has 0 amide bonds. The maximum absolute atomic E-state index is 9.37. The lowest BCUT2D eigenvalue weighted by Crippen LogP contribution is -2.65. The Labute approximate surface area is 80.3 Å². The van der Waals surface area contributed by atoms with Crippen molar-refractivity contribution < 1.29 is 5.11 Å². The molecule has 3 heterocycles. The summed E-state index contributed by atoms with van der Waals surface area (Å²) in [6, 6.07) is 1.28. The quantitative estimate of drug-likeness (QED) is 0.661. The molecule has 3 heteroatoms. The predicted molar refractivity (Wildman–Crippen MR) is 52.7 cm³/mol. The van der Waals surface area contributed by atoms with E-state index in [0.717, 1.165) is 13.0 Å². The van der Waals surface area contributed by atoms with E-state index >= 15 is 0 Å². The van der Waals surface area contributed by atoms with E-state index < -0.39 is 0 Å². The highest BCUT2D eigenvalue weighted by Crippen LogP contribution is 2.23. The molecule has 5 atom stereocenters. The number of piperazine rings is 3. The van der Waals surface area contributed by atoms with Crippen LogP contribution in [0.25, 0.3) is 0 Å². The summed E-state index contributed by atoms with van der Waals surface area (Å²) in [5.74, 6) is 0. The highest BCUT2D eigenvalue weighted by molar-refractivity contribution is 4.92. The number of hydrogen-bond acceptors (Lipinski definition) is 3. The number of nitrogens with zero attached hydrogens (tertiary/aromatic N) is 2. The number of fused-ring (bicyclic) bond motifs is 3. The molecule has 0 spiro atoms. The van der Waals surface area contributed by atoms with Crippen LogP contribution in [-0.4, -0.2) is 59.3 Å². The van der Waals surface area contributed by atoms with Crippen molar-refractivity contribution in [2.24, 2.45) is 0 Å². The van der Waals surface area contributed by atoms with Gasteiger partial charge in [0.1, 0.15) is 0 Å². The Bertz CT molecular complexity index is 182. The minimum atomic E-state index is -0.155. The number of aliphatic hydroxyl groups excluding tert-OH is 1. The van der Waals surface area contributed by atoms with Gasteiger partial charge in [0, 0.05) is 38.3 Å². The first kappa shape index (κ1) is 9.44. The second-order valence-electron chi connectivity index (χ2n) is 4.58. The molecule has 0 aliphatic carbocycles. The zero-order chi connectivity index (χ0) is 9.42. The summed E-state index contributed by atoms with van der Waals surface area (Å²) < 4.78 is 0. The van der Waals surface area contributed by atoms with Crippen LogP contribution in [0, 0.1) is 0 Å². The summed E-state index contributed by atoms with van der Waals surface area (Å²) in [5.41, 5.74) is 0. The fraction of sp³-hybridized carbons (Fsp3) is 1.00.